The van der Waals surface area contributed by atoms with Gasteiger partial charge in [0.15, 0.2) is 0 Å². The van der Waals surface area contributed by atoms with Crippen LogP contribution < -0.4 is 5.32 Å². The van der Waals surface area contributed by atoms with Crippen LogP contribution in [-0.4, -0.2) is 4.98 Å². The summed E-state index contributed by atoms with van der Waals surface area (Å²) in [4.78, 5) is 4.09. The molecule has 3 nitrogen and oxygen atoms in total. The second kappa shape index (κ2) is 5.05. The molecule has 2 rings (SSSR count). The quantitative estimate of drug-likeness (QED) is 0.891. The molecule has 1 aromatic heterocycles. The van der Waals surface area contributed by atoms with E-state index >= 15 is 0 Å². The average Bonchev–Trinajstić information content (AvgIpc) is 2.28. The molecule has 0 saturated heterocycles. The zero-order valence-electron chi connectivity index (χ0n) is 8.61. The molecular formula is C12H7Cl2N3. The zero-order chi connectivity index (χ0) is 12.3. The highest BCUT2D eigenvalue weighted by molar-refractivity contribution is 6.35. The van der Waals surface area contributed by atoms with E-state index in [1.807, 2.05) is 6.07 Å². The Kier molecular flexibility index (Phi) is 3.48. The Morgan fingerprint density at radius 2 is 1.82 bits per heavy atom. The lowest BCUT2D eigenvalue weighted by molar-refractivity contribution is 1.29. The van der Waals surface area contributed by atoms with E-state index in [4.69, 9.17) is 28.5 Å². The van der Waals surface area contributed by atoms with Crippen molar-refractivity contribution in [3.8, 4) is 6.07 Å². The number of halogens is 2. The number of benzene rings is 1. The van der Waals surface area contributed by atoms with Crippen molar-refractivity contribution in [1.29, 1.82) is 5.26 Å². The van der Waals surface area contributed by atoms with Crippen LogP contribution in [0.15, 0.2) is 36.5 Å². The predicted molar refractivity (Wildman–Crippen MR) is 68.7 cm³/mol. The first-order chi connectivity index (χ1) is 8.17. The molecule has 5 heteroatoms. The maximum Gasteiger partial charge on any atom is 0.131 e. The van der Waals surface area contributed by atoms with Crippen molar-refractivity contribution in [3.63, 3.8) is 0 Å². The molecule has 0 unspecified atom stereocenters. The molecule has 0 atom stereocenters. The number of nitrogens with one attached hydrogen (secondary N) is 1. The van der Waals surface area contributed by atoms with Gasteiger partial charge in [0.2, 0.25) is 0 Å². The van der Waals surface area contributed by atoms with Crippen molar-refractivity contribution in [3.05, 3.63) is 52.1 Å². The van der Waals surface area contributed by atoms with E-state index in [1.54, 1.807) is 36.5 Å². The summed E-state index contributed by atoms with van der Waals surface area (Å²) in [6.45, 7) is 0. The second-order valence-corrected chi connectivity index (χ2v) is 4.20. The van der Waals surface area contributed by atoms with Crippen LogP contribution in [0.1, 0.15) is 5.56 Å². The summed E-state index contributed by atoms with van der Waals surface area (Å²) >= 11 is 11.8. The average molecular weight is 264 g/mol. The summed E-state index contributed by atoms with van der Waals surface area (Å²) < 4.78 is 0. The molecule has 0 aliphatic heterocycles. The van der Waals surface area contributed by atoms with Crippen molar-refractivity contribution >= 4 is 34.7 Å². The highest BCUT2D eigenvalue weighted by Crippen LogP contribution is 2.24. The van der Waals surface area contributed by atoms with Gasteiger partial charge in [-0.25, -0.2) is 4.98 Å². The summed E-state index contributed by atoms with van der Waals surface area (Å²) in [6, 6.07) is 10.4. The van der Waals surface area contributed by atoms with E-state index in [0.717, 1.165) is 5.69 Å². The van der Waals surface area contributed by atoms with Gasteiger partial charge >= 0.3 is 0 Å². The summed E-state index contributed by atoms with van der Waals surface area (Å²) in [5.41, 5.74) is 1.26. The van der Waals surface area contributed by atoms with E-state index in [0.29, 0.717) is 21.4 Å². The first-order valence-electron chi connectivity index (χ1n) is 4.76. The Hall–Kier alpha value is -1.76. The fourth-order valence-electron chi connectivity index (χ4n) is 1.34. The van der Waals surface area contributed by atoms with Gasteiger partial charge in [-0.1, -0.05) is 23.2 Å². The summed E-state index contributed by atoms with van der Waals surface area (Å²) in [7, 11) is 0. The van der Waals surface area contributed by atoms with E-state index < -0.39 is 0 Å². The summed E-state index contributed by atoms with van der Waals surface area (Å²) in [6.07, 6.45) is 1.56. The monoisotopic (exact) mass is 263 g/mol. The fraction of sp³-hybridized carbons (Fsp3) is 0. The molecular weight excluding hydrogens is 257 g/mol. The van der Waals surface area contributed by atoms with Crippen LogP contribution in [0.2, 0.25) is 10.0 Å². The van der Waals surface area contributed by atoms with Gasteiger partial charge in [-0.3, -0.25) is 0 Å². The molecule has 0 aliphatic carbocycles. The SMILES string of the molecule is N#Cc1ccnc(Nc2cc(Cl)cc(Cl)c2)c1. The lowest BCUT2D eigenvalue weighted by Crippen LogP contribution is -1.93. The maximum atomic E-state index is 8.77. The number of nitrogens with zero attached hydrogens (tertiary/aromatic N) is 2. The van der Waals surface area contributed by atoms with Crippen molar-refractivity contribution in [2.75, 3.05) is 5.32 Å². The van der Waals surface area contributed by atoms with Gasteiger partial charge in [0.05, 0.1) is 11.6 Å². The minimum Gasteiger partial charge on any atom is -0.340 e. The fourth-order valence-corrected chi connectivity index (χ4v) is 1.87. The lowest BCUT2D eigenvalue weighted by atomic mass is 10.2. The minimum absolute atomic E-state index is 0.538. The lowest BCUT2D eigenvalue weighted by Gasteiger charge is -2.06. The van der Waals surface area contributed by atoms with Crippen LogP contribution in [0, 0.1) is 11.3 Å². The Balaban J connectivity index is 2.28. The van der Waals surface area contributed by atoms with Crippen LogP contribution in [-0.2, 0) is 0 Å². The molecule has 84 valence electrons. The van der Waals surface area contributed by atoms with Crippen molar-refractivity contribution in [2.24, 2.45) is 0 Å². The smallest absolute Gasteiger partial charge is 0.131 e. The Bertz CT molecular complexity index is 570. The van der Waals surface area contributed by atoms with Gasteiger partial charge in [-0.2, -0.15) is 5.26 Å². The molecule has 0 bridgehead atoms. The molecule has 0 saturated carbocycles. The molecule has 1 aromatic carbocycles. The number of nitriles is 1. The van der Waals surface area contributed by atoms with Gasteiger partial charge in [-0.15, -0.1) is 0 Å². The molecule has 0 fully saturated rings. The van der Waals surface area contributed by atoms with Gasteiger partial charge < -0.3 is 5.32 Å². The molecule has 0 radical (unpaired) electrons. The maximum absolute atomic E-state index is 8.77. The van der Waals surface area contributed by atoms with E-state index in [-0.39, 0.29) is 0 Å². The molecule has 1 heterocycles. The van der Waals surface area contributed by atoms with Crippen LogP contribution >= 0.6 is 23.2 Å². The van der Waals surface area contributed by atoms with E-state index in [2.05, 4.69) is 10.3 Å². The minimum atomic E-state index is 0.538. The van der Waals surface area contributed by atoms with Crippen molar-refractivity contribution < 1.29 is 0 Å². The van der Waals surface area contributed by atoms with Gasteiger partial charge in [0, 0.05) is 21.9 Å². The van der Waals surface area contributed by atoms with Gasteiger partial charge in [-0.05, 0) is 30.3 Å². The standard InChI is InChI=1S/C12H7Cl2N3/c13-9-4-10(14)6-11(5-9)17-12-3-8(7-15)1-2-16-12/h1-6H,(H,16,17). The number of hydrogen-bond donors (Lipinski definition) is 1. The largest absolute Gasteiger partial charge is 0.340 e. The van der Waals surface area contributed by atoms with Crippen LogP contribution in [0.5, 0.6) is 0 Å². The topological polar surface area (TPSA) is 48.7 Å². The zero-order valence-corrected chi connectivity index (χ0v) is 10.1. The highest BCUT2D eigenvalue weighted by atomic mass is 35.5. The Labute approximate surface area is 109 Å². The molecule has 17 heavy (non-hydrogen) atoms. The predicted octanol–water partition coefficient (Wildman–Crippen LogP) is 4.00. The van der Waals surface area contributed by atoms with Crippen molar-refractivity contribution in [1.82, 2.24) is 4.98 Å². The van der Waals surface area contributed by atoms with Crippen LogP contribution in [0.4, 0.5) is 11.5 Å². The second-order valence-electron chi connectivity index (χ2n) is 3.32. The first-order valence-corrected chi connectivity index (χ1v) is 5.52. The van der Waals surface area contributed by atoms with Gasteiger partial charge in [0.1, 0.15) is 5.82 Å². The van der Waals surface area contributed by atoms with E-state index in [1.165, 1.54) is 0 Å². The van der Waals surface area contributed by atoms with Crippen molar-refractivity contribution in [2.45, 2.75) is 0 Å². The number of rotatable bonds is 2. The van der Waals surface area contributed by atoms with Crippen LogP contribution in [0.3, 0.4) is 0 Å². The van der Waals surface area contributed by atoms with E-state index in [9.17, 15) is 0 Å². The molecule has 0 amide bonds. The third kappa shape index (κ3) is 3.10. The first kappa shape index (κ1) is 11.7. The summed E-state index contributed by atoms with van der Waals surface area (Å²) in [5.74, 6) is 0.572. The third-order valence-electron chi connectivity index (χ3n) is 2.02. The normalized spacial score (nSPS) is 9.71. The Morgan fingerprint density at radius 1 is 1.12 bits per heavy atom. The summed E-state index contributed by atoms with van der Waals surface area (Å²) in [5, 5.41) is 12.9. The molecule has 1 N–H and O–H groups in total. The third-order valence-corrected chi connectivity index (χ3v) is 2.46. The van der Waals surface area contributed by atoms with Gasteiger partial charge in [0.25, 0.3) is 0 Å². The number of pyridine rings is 1. The number of hydrogen-bond acceptors (Lipinski definition) is 3. The highest BCUT2D eigenvalue weighted by Gasteiger charge is 2.00. The number of aromatic nitrogens is 1. The Morgan fingerprint density at radius 3 is 2.47 bits per heavy atom. The molecule has 0 spiro atoms. The number of anilines is 2. The van der Waals surface area contributed by atoms with Crippen LogP contribution in [0.25, 0.3) is 0 Å². The molecule has 2 aromatic rings. The molecule has 0 aliphatic rings.